The van der Waals surface area contributed by atoms with Gasteiger partial charge in [0.05, 0.1) is 17.5 Å². The molecule has 0 aromatic heterocycles. The Morgan fingerprint density at radius 3 is 2.26 bits per heavy atom. The van der Waals surface area contributed by atoms with Crippen LogP contribution in [0, 0.1) is 17.8 Å². The number of likely N-dealkylation sites (N-methyl/N-ethyl adjacent to an activating group) is 1. The third-order valence-corrected chi connectivity index (χ3v) is 7.18. The number of phenols is 1. The van der Waals surface area contributed by atoms with Gasteiger partial charge < -0.3 is 20.2 Å². The molecule has 0 bridgehead atoms. The van der Waals surface area contributed by atoms with Crippen LogP contribution in [0.5, 0.6) is 5.75 Å². The van der Waals surface area contributed by atoms with Crippen LogP contribution in [0.3, 0.4) is 0 Å². The van der Waals surface area contributed by atoms with E-state index in [1.54, 1.807) is 25.1 Å². The number of fused-ring (bicyclic) bond motifs is 3. The van der Waals surface area contributed by atoms with E-state index in [0.717, 1.165) is 12.6 Å². The lowest BCUT2D eigenvalue weighted by Crippen LogP contribution is -2.56. The van der Waals surface area contributed by atoms with E-state index >= 15 is 0 Å². The first-order chi connectivity index (χ1) is 16.4. The zero-order valence-electron chi connectivity index (χ0n) is 20.2. The summed E-state index contributed by atoms with van der Waals surface area (Å²) in [6, 6.07) is 2.36. The van der Waals surface area contributed by atoms with Crippen LogP contribution in [0.2, 0.25) is 0 Å². The van der Waals surface area contributed by atoms with Crippen molar-refractivity contribution >= 4 is 34.8 Å². The van der Waals surface area contributed by atoms with Crippen LogP contribution < -0.4 is 10.2 Å². The van der Waals surface area contributed by atoms with Gasteiger partial charge in [-0.3, -0.25) is 29.4 Å². The van der Waals surface area contributed by atoms with Crippen LogP contribution in [0.4, 0.5) is 5.69 Å². The molecule has 1 aromatic carbocycles. The number of aromatic hydroxyl groups is 1. The number of benzene rings is 1. The summed E-state index contributed by atoms with van der Waals surface area (Å²) in [7, 11) is 7.01. The molecule has 10 nitrogen and oxygen atoms in total. The van der Waals surface area contributed by atoms with Gasteiger partial charge in [-0.05, 0) is 56.5 Å². The van der Waals surface area contributed by atoms with Crippen LogP contribution in [-0.4, -0.2) is 77.8 Å². The average molecular weight is 484 g/mol. The highest BCUT2D eigenvalue weighted by Gasteiger charge is 2.56. The largest absolute Gasteiger partial charge is 0.510 e. The zero-order chi connectivity index (χ0) is 25.9. The molecule has 35 heavy (non-hydrogen) atoms. The lowest BCUT2D eigenvalue weighted by Gasteiger charge is -2.46. The summed E-state index contributed by atoms with van der Waals surface area (Å²) in [5.74, 6) is -6.75. The Morgan fingerprint density at radius 1 is 1.03 bits per heavy atom. The molecule has 0 heterocycles. The predicted octanol–water partition coefficient (Wildman–Crippen LogP) is 1.09. The summed E-state index contributed by atoms with van der Waals surface area (Å²) in [6.45, 7) is 1.10. The molecule has 186 valence electrons. The number of ketones is 2. The first-order valence-corrected chi connectivity index (χ1v) is 11.3. The maximum absolute atomic E-state index is 13.8. The molecule has 1 aromatic rings. The fourth-order valence-corrected chi connectivity index (χ4v) is 5.87. The minimum absolute atomic E-state index is 0.0449. The lowest BCUT2D eigenvalue weighted by atomic mass is 9.59. The number of imide groups is 1. The molecule has 4 N–H and O–H groups in total. The summed E-state index contributed by atoms with van der Waals surface area (Å²) >= 11 is 0. The Balaban J connectivity index is 1.88. The number of carbonyl (C=O) groups is 4. The third-order valence-electron chi connectivity index (χ3n) is 7.18. The van der Waals surface area contributed by atoms with Crippen molar-refractivity contribution in [3.63, 3.8) is 0 Å². The van der Waals surface area contributed by atoms with Gasteiger partial charge in [-0.15, -0.1) is 0 Å². The van der Waals surface area contributed by atoms with Gasteiger partial charge in [-0.1, -0.05) is 0 Å². The third kappa shape index (κ3) is 3.68. The van der Waals surface area contributed by atoms with Crippen molar-refractivity contribution in [1.82, 2.24) is 10.2 Å². The second kappa shape index (κ2) is 8.53. The number of hydrogen-bond acceptors (Lipinski definition) is 9. The summed E-state index contributed by atoms with van der Waals surface area (Å²) in [6.07, 6.45) is 0.639. The summed E-state index contributed by atoms with van der Waals surface area (Å²) in [5.41, 5.74) is 1.06. The highest BCUT2D eigenvalue weighted by Crippen LogP contribution is 2.51. The number of aliphatic hydroxyl groups excluding tert-OH is 2. The van der Waals surface area contributed by atoms with Crippen LogP contribution in [0.1, 0.15) is 24.5 Å². The number of nitrogens with zero attached hydrogens (tertiary/aromatic N) is 2. The van der Waals surface area contributed by atoms with E-state index in [1.165, 1.54) is 6.07 Å². The number of hydrogen-bond donors (Lipinski definition) is 4. The van der Waals surface area contributed by atoms with Gasteiger partial charge in [0.1, 0.15) is 22.8 Å². The van der Waals surface area contributed by atoms with Gasteiger partial charge in [-0.2, -0.15) is 0 Å². The number of allylic oxidation sites excluding steroid dienone is 1. The standard InChI is InChI=1S/C25H29N3O7/c1-10(29)26-25(35)19-23(33)18-13(20(24(19)34)28(4)5)9-11-8-12-14(27(2)3)6-7-15(30)17(12)21(31)16(11)22(18)32/h6-7,11,13,18,20,30-31,34H,8-9H2,1-5H3,(H,26,29,35)/t11?,13?,18?,20-/m0/s1. The van der Waals surface area contributed by atoms with Crippen molar-refractivity contribution < 1.29 is 34.5 Å². The van der Waals surface area contributed by atoms with Gasteiger partial charge >= 0.3 is 0 Å². The predicted molar refractivity (Wildman–Crippen MR) is 127 cm³/mol. The SMILES string of the molecule is CC(=O)NC(=O)C1=C(O)[C@@H](N(C)C)C2CC3Cc4c(N(C)C)ccc(O)c4C(O)=C3C(=O)C2C1=O. The Hall–Kier alpha value is -3.66. The number of amides is 2. The molecule has 0 aliphatic heterocycles. The molecule has 1 fully saturated rings. The Morgan fingerprint density at radius 2 is 1.69 bits per heavy atom. The monoisotopic (exact) mass is 483 g/mol. The number of Topliss-reactive ketones (excluding diaryl/α,β-unsaturated/α-hetero) is 2. The number of rotatable bonds is 3. The van der Waals surface area contributed by atoms with Gasteiger partial charge in [0.15, 0.2) is 11.6 Å². The molecule has 0 saturated heterocycles. The molecular formula is C25H29N3O7. The maximum atomic E-state index is 13.8. The Kier molecular flexibility index (Phi) is 5.96. The minimum atomic E-state index is -1.32. The smallest absolute Gasteiger partial charge is 0.264 e. The van der Waals surface area contributed by atoms with Gasteiger partial charge in [0.2, 0.25) is 5.91 Å². The van der Waals surface area contributed by atoms with E-state index in [0.29, 0.717) is 12.0 Å². The van der Waals surface area contributed by atoms with Gasteiger partial charge in [-0.25, -0.2) is 0 Å². The zero-order valence-corrected chi connectivity index (χ0v) is 20.2. The van der Waals surface area contributed by atoms with Crippen molar-refractivity contribution in [2.75, 3.05) is 33.1 Å². The highest BCUT2D eigenvalue weighted by atomic mass is 16.3. The van der Waals surface area contributed by atoms with Crippen molar-refractivity contribution in [1.29, 1.82) is 0 Å². The molecule has 4 atom stereocenters. The Labute approximate surface area is 202 Å². The number of aliphatic hydroxyl groups is 2. The highest BCUT2D eigenvalue weighted by molar-refractivity contribution is 6.30. The molecule has 3 aliphatic rings. The summed E-state index contributed by atoms with van der Waals surface area (Å²) in [5, 5.41) is 34.7. The fraction of sp³-hybridized carbons (Fsp3) is 0.440. The van der Waals surface area contributed by atoms with Crippen LogP contribution in [-0.2, 0) is 25.6 Å². The minimum Gasteiger partial charge on any atom is -0.510 e. The second-order valence-electron chi connectivity index (χ2n) is 9.80. The molecule has 1 saturated carbocycles. The normalized spacial score (nSPS) is 25.8. The van der Waals surface area contributed by atoms with Crippen molar-refractivity contribution in [2.24, 2.45) is 17.8 Å². The number of carbonyl (C=O) groups excluding carboxylic acids is 4. The van der Waals surface area contributed by atoms with Crippen LogP contribution in [0.15, 0.2) is 29.0 Å². The number of anilines is 1. The first-order valence-electron chi connectivity index (χ1n) is 11.3. The van der Waals surface area contributed by atoms with Crippen molar-refractivity contribution in [3.8, 4) is 5.75 Å². The molecule has 10 heteroatoms. The Bertz CT molecular complexity index is 1230. The molecule has 2 amide bonds. The molecular weight excluding hydrogens is 454 g/mol. The van der Waals surface area contributed by atoms with Crippen LogP contribution in [0.25, 0.3) is 5.76 Å². The van der Waals surface area contributed by atoms with E-state index in [9.17, 15) is 34.5 Å². The molecule has 3 unspecified atom stereocenters. The first kappa shape index (κ1) is 24.5. The van der Waals surface area contributed by atoms with Gasteiger partial charge in [0.25, 0.3) is 5.91 Å². The van der Waals surface area contributed by atoms with Crippen LogP contribution >= 0.6 is 0 Å². The van der Waals surface area contributed by atoms with E-state index in [1.807, 2.05) is 24.3 Å². The maximum Gasteiger partial charge on any atom is 0.264 e. The molecule has 0 spiro atoms. The van der Waals surface area contributed by atoms with Gasteiger partial charge in [0, 0.05) is 32.3 Å². The average Bonchev–Trinajstić information content (AvgIpc) is 2.72. The molecule has 0 radical (unpaired) electrons. The quantitative estimate of drug-likeness (QED) is 0.366. The molecule has 4 rings (SSSR count). The van der Waals surface area contributed by atoms with Crippen molar-refractivity contribution in [2.45, 2.75) is 25.8 Å². The summed E-state index contributed by atoms with van der Waals surface area (Å²) in [4.78, 5) is 54.7. The summed E-state index contributed by atoms with van der Waals surface area (Å²) < 4.78 is 0. The second-order valence-corrected chi connectivity index (χ2v) is 9.80. The van der Waals surface area contributed by atoms with E-state index in [2.05, 4.69) is 0 Å². The number of phenolic OH excluding ortho intramolecular Hbond substituents is 1. The lowest BCUT2D eigenvalue weighted by molar-refractivity contribution is -0.137. The van der Waals surface area contributed by atoms with E-state index < -0.39 is 58.5 Å². The number of nitrogens with one attached hydrogen (secondary N) is 1. The topological polar surface area (TPSA) is 147 Å². The van der Waals surface area contributed by atoms with E-state index in [4.69, 9.17) is 0 Å². The van der Waals surface area contributed by atoms with E-state index in [-0.39, 0.29) is 29.1 Å². The van der Waals surface area contributed by atoms with Crippen molar-refractivity contribution in [3.05, 3.63) is 40.2 Å². The fourth-order valence-electron chi connectivity index (χ4n) is 5.87. The molecule has 3 aliphatic carbocycles.